The maximum absolute atomic E-state index is 12.9. The van der Waals surface area contributed by atoms with Crippen LogP contribution in [0.4, 0.5) is 0 Å². The minimum absolute atomic E-state index is 0.287. The molecule has 0 unspecified atom stereocenters. The molecule has 0 aliphatic carbocycles. The van der Waals surface area contributed by atoms with Crippen LogP contribution in [0.1, 0.15) is 31.2 Å². The number of nitrogens with one attached hydrogen (secondary N) is 1. The molecule has 164 valence electrons. The summed E-state index contributed by atoms with van der Waals surface area (Å²) in [5.74, 6) is 0. The van der Waals surface area contributed by atoms with Crippen molar-refractivity contribution in [1.82, 2.24) is 9.71 Å². The summed E-state index contributed by atoms with van der Waals surface area (Å²) in [6, 6.07) is 20.4. The highest BCUT2D eigenvalue weighted by molar-refractivity contribution is 7.89. The van der Waals surface area contributed by atoms with Crippen molar-refractivity contribution in [2.24, 2.45) is 5.10 Å². The smallest absolute Gasteiger partial charge is 0.241 e. The summed E-state index contributed by atoms with van der Waals surface area (Å²) < 4.78 is 28.5. The van der Waals surface area contributed by atoms with Gasteiger partial charge in [0.15, 0.2) is 0 Å². The van der Waals surface area contributed by atoms with Gasteiger partial charge in [-0.15, -0.1) is 4.95 Å². The molecule has 3 rings (SSSR count). The zero-order chi connectivity index (χ0) is 22.7. The predicted molar refractivity (Wildman–Crippen MR) is 128 cm³/mol. The summed E-state index contributed by atoms with van der Waals surface area (Å²) in [6.07, 6.45) is 7.22. The van der Waals surface area contributed by atoms with Crippen LogP contribution in [0.5, 0.6) is 0 Å². The monoisotopic (exact) mass is 446 g/mol. The summed E-state index contributed by atoms with van der Waals surface area (Å²) in [5, 5.41) is 3.93. The van der Waals surface area contributed by atoms with E-state index in [4.69, 9.17) is 6.57 Å². The van der Waals surface area contributed by atoms with Crippen molar-refractivity contribution in [3.63, 3.8) is 0 Å². The van der Waals surface area contributed by atoms with Crippen molar-refractivity contribution in [3.8, 4) is 11.1 Å². The average molecular weight is 447 g/mol. The highest BCUT2D eigenvalue weighted by Gasteiger charge is 2.18. The molecule has 0 amide bonds. The van der Waals surface area contributed by atoms with E-state index in [2.05, 4.69) is 19.8 Å². The van der Waals surface area contributed by atoms with Crippen LogP contribution in [0.2, 0.25) is 0 Å². The van der Waals surface area contributed by atoms with Crippen LogP contribution < -0.4 is 4.72 Å². The van der Waals surface area contributed by atoms with Gasteiger partial charge < -0.3 is 0 Å². The Hall–Kier alpha value is -3.34. The van der Waals surface area contributed by atoms with Gasteiger partial charge >= 0.3 is 0 Å². The Kier molecular flexibility index (Phi) is 8.67. The molecule has 6 nitrogen and oxygen atoms in total. The molecule has 0 spiro atoms. The van der Waals surface area contributed by atoms with E-state index in [0.29, 0.717) is 31.4 Å². The number of hydrogen-bond donors (Lipinski definition) is 1. The van der Waals surface area contributed by atoms with Crippen molar-refractivity contribution in [1.29, 1.82) is 0 Å². The van der Waals surface area contributed by atoms with Crippen molar-refractivity contribution in [2.45, 2.75) is 37.0 Å². The van der Waals surface area contributed by atoms with Crippen LogP contribution in [0.3, 0.4) is 0 Å². The lowest BCUT2D eigenvalue weighted by Gasteiger charge is -2.12. The summed E-state index contributed by atoms with van der Waals surface area (Å²) >= 11 is 0. The lowest BCUT2D eigenvalue weighted by atomic mass is 10.0. The number of hydrogen-bond acceptors (Lipinski definition) is 4. The van der Waals surface area contributed by atoms with E-state index in [9.17, 15) is 8.42 Å². The molecule has 0 saturated heterocycles. The third-order valence-electron chi connectivity index (χ3n) is 5.04. The van der Waals surface area contributed by atoms with Crippen LogP contribution in [-0.2, 0) is 16.4 Å². The first-order chi connectivity index (χ1) is 15.6. The lowest BCUT2D eigenvalue weighted by molar-refractivity contribution is 0.575. The van der Waals surface area contributed by atoms with E-state index in [1.807, 2.05) is 54.6 Å². The van der Waals surface area contributed by atoms with Crippen LogP contribution in [-0.4, -0.2) is 25.7 Å². The quantitative estimate of drug-likeness (QED) is 0.193. The molecule has 0 fully saturated rings. The number of rotatable bonds is 11. The van der Waals surface area contributed by atoms with Crippen LogP contribution in [0, 0.1) is 6.57 Å². The summed E-state index contributed by atoms with van der Waals surface area (Å²) in [6.45, 7) is 7.39. The van der Waals surface area contributed by atoms with Crippen molar-refractivity contribution in [3.05, 3.63) is 96.2 Å². The van der Waals surface area contributed by atoms with E-state index in [-0.39, 0.29) is 4.90 Å². The second-order valence-electron chi connectivity index (χ2n) is 7.37. The third kappa shape index (κ3) is 6.84. The minimum Gasteiger partial charge on any atom is -0.265 e. The summed E-state index contributed by atoms with van der Waals surface area (Å²) in [4.78, 5) is 7.47. The molecule has 7 heteroatoms. The first kappa shape index (κ1) is 23.3. The fourth-order valence-electron chi connectivity index (χ4n) is 3.45. The Morgan fingerprint density at radius 3 is 2.41 bits per heavy atom. The predicted octanol–water partition coefficient (Wildman–Crippen LogP) is 5.11. The van der Waals surface area contributed by atoms with Gasteiger partial charge in [0.25, 0.3) is 0 Å². The maximum atomic E-state index is 12.9. The highest BCUT2D eigenvalue weighted by Crippen LogP contribution is 2.26. The molecule has 0 aliphatic rings. The maximum Gasteiger partial charge on any atom is 0.241 e. The number of unbranched alkanes of at least 4 members (excludes halogenated alkanes) is 2. The van der Waals surface area contributed by atoms with E-state index in [1.54, 1.807) is 24.5 Å². The SMILES string of the molecule is [C-]#[N+]/N=C(\CCCCCNS(=O)(=O)c1ccccc1-c1ccccc1)Cc1ccncc1. The minimum atomic E-state index is -3.61. The normalized spacial score (nSPS) is 11.8. The van der Waals surface area contributed by atoms with E-state index < -0.39 is 10.0 Å². The average Bonchev–Trinajstić information content (AvgIpc) is 2.82. The molecule has 0 atom stereocenters. The van der Waals surface area contributed by atoms with Gasteiger partial charge in [0.05, 0.1) is 10.00 Å². The second-order valence-corrected chi connectivity index (χ2v) is 9.10. The Morgan fingerprint density at radius 2 is 1.66 bits per heavy atom. The standard InChI is InChI=1S/C25H26N4O2S/c1-26-29-23(20-21-15-18-27-19-16-21)12-6-3-9-17-28-32(30,31)25-14-8-7-13-24(25)22-10-4-2-5-11-22/h2,4-5,7-8,10-11,13-16,18-19,28H,3,6,9,12,17,20H2/b29-23+. The lowest BCUT2D eigenvalue weighted by Crippen LogP contribution is -2.25. The Morgan fingerprint density at radius 1 is 0.938 bits per heavy atom. The first-order valence-corrected chi connectivity index (χ1v) is 12.0. The number of aromatic nitrogens is 1. The fourth-order valence-corrected chi connectivity index (χ4v) is 4.75. The second kappa shape index (κ2) is 11.9. The van der Waals surface area contributed by atoms with Gasteiger partial charge in [-0.1, -0.05) is 55.0 Å². The molecular formula is C25H26N4O2S. The number of sulfonamides is 1. The van der Waals surface area contributed by atoms with Gasteiger partial charge in [-0.05, 0) is 48.6 Å². The van der Waals surface area contributed by atoms with Gasteiger partial charge in [0.1, 0.15) is 5.71 Å². The van der Waals surface area contributed by atoms with Crippen LogP contribution in [0.15, 0.2) is 89.1 Å². The Labute approximate surface area is 189 Å². The molecule has 0 saturated carbocycles. The molecule has 0 bridgehead atoms. The number of benzene rings is 2. The summed E-state index contributed by atoms with van der Waals surface area (Å²) in [5.41, 5.74) is 3.47. The zero-order valence-electron chi connectivity index (χ0n) is 17.8. The van der Waals surface area contributed by atoms with Gasteiger partial charge in [-0.25, -0.2) is 13.1 Å². The van der Waals surface area contributed by atoms with E-state index in [1.165, 1.54) is 0 Å². The van der Waals surface area contributed by atoms with Crippen LogP contribution >= 0.6 is 0 Å². The van der Waals surface area contributed by atoms with Crippen LogP contribution in [0.25, 0.3) is 16.1 Å². The molecule has 2 aromatic carbocycles. The molecule has 0 radical (unpaired) electrons. The summed E-state index contributed by atoms with van der Waals surface area (Å²) in [7, 11) is -3.61. The molecular weight excluding hydrogens is 420 g/mol. The van der Waals surface area contributed by atoms with Gasteiger partial charge in [0.2, 0.25) is 10.0 Å². The van der Waals surface area contributed by atoms with Gasteiger partial charge in [0, 0.05) is 30.9 Å². The molecule has 32 heavy (non-hydrogen) atoms. The molecule has 3 aromatic rings. The topological polar surface area (TPSA) is 75.8 Å². The van der Waals surface area contributed by atoms with E-state index in [0.717, 1.165) is 29.7 Å². The van der Waals surface area contributed by atoms with Crippen molar-refractivity contribution >= 4 is 15.7 Å². The van der Waals surface area contributed by atoms with Gasteiger partial charge in [-0.3, -0.25) is 4.98 Å². The molecule has 1 aromatic heterocycles. The highest BCUT2D eigenvalue weighted by atomic mass is 32.2. The molecule has 1 N–H and O–H groups in total. The van der Waals surface area contributed by atoms with Gasteiger partial charge in [-0.2, -0.15) is 6.57 Å². The van der Waals surface area contributed by atoms with Crippen molar-refractivity contribution < 1.29 is 8.42 Å². The fraction of sp³-hybridized carbons (Fsp3) is 0.240. The third-order valence-corrected chi connectivity index (χ3v) is 6.56. The zero-order valence-corrected chi connectivity index (χ0v) is 18.6. The number of pyridine rings is 1. The van der Waals surface area contributed by atoms with Crippen molar-refractivity contribution in [2.75, 3.05) is 6.54 Å². The Bertz CT molecular complexity index is 1170. The Balaban J connectivity index is 1.50. The molecule has 0 aliphatic heterocycles. The van der Waals surface area contributed by atoms with E-state index >= 15 is 0 Å². The largest absolute Gasteiger partial charge is 0.265 e. The molecule has 1 heterocycles. The first-order valence-electron chi connectivity index (χ1n) is 10.6. The number of nitrogens with zero attached hydrogens (tertiary/aromatic N) is 3.